The van der Waals surface area contributed by atoms with Gasteiger partial charge in [-0.05, 0) is 12.1 Å². The molecule has 4 nitrogen and oxygen atoms in total. The van der Waals surface area contributed by atoms with Crippen molar-refractivity contribution in [2.75, 3.05) is 7.11 Å². The Balaban J connectivity index is 2.21. The van der Waals surface area contributed by atoms with Gasteiger partial charge in [0.05, 0.1) is 7.11 Å². The number of ether oxygens (including phenoxy) is 1. The third kappa shape index (κ3) is 3.62. The highest BCUT2D eigenvalue weighted by Gasteiger charge is 2.29. The number of rotatable bonds is 3. The lowest BCUT2D eigenvalue weighted by Crippen LogP contribution is -1.99. The normalized spacial score (nSPS) is 12.0. The average molecular weight is 320 g/mol. The molecular formula is C12H9Cl3N2O2. The number of benzene rings is 1. The fourth-order valence-corrected chi connectivity index (χ4v) is 1.61. The highest BCUT2D eigenvalue weighted by atomic mass is 35.6. The van der Waals surface area contributed by atoms with E-state index in [1.807, 2.05) is 24.3 Å². The van der Waals surface area contributed by atoms with Crippen LogP contribution in [0.3, 0.4) is 0 Å². The summed E-state index contributed by atoms with van der Waals surface area (Å²) in [5.41, 5.74) is 0.874. The lowest BCUT2D eigenvalue weighted by Gasteiger charge is -2.03. The second-order valence-corrected chi connectivity index (χ2v) is 5.80. The third-order valence-electron chi connectivity index (χ3n) is 2.23. The summed E-state index contributed by atoms with van der Waals surface area (Å²) in [6.45, 7) is 0. The van der Waals surface area contributed by atoms with E-state index in [-0.39, 0.29) is 11.8 Å². The number of methoxy groups -OCH3 is 1. The molecule has 0 atom stereocenters. The van der Waals surface area contributed by atoms with Crippen molar-refractivity contribution >= 4 is 47.0 Å². The van der Waals surface area contributed by atoms with Crippen LogP contribution in [-0.2, 0) is 3.79 Å². The number of hydrogen-bond donors (Lipinski definition) is 0. The first-order valence-electron chi connectivity index (χ1n) is 5.22. The molecule has 0 saturated heterocycles. The number of hydrogen-bond acceptors (Lipinski definition) is 4. The van der Waals surface area contributed by atoms with Gasteiger partial charge in [0, 0.05) is 11.6 Å². The molecule has 100 valence electrons. The van der Waals surface area contributed by atoms with Crippen molar-refractivity contribution in [2.45, 2.75) is 3.79 Å². The molecule has 0 saturated carbocycles. The lowest BCUT2D eigenvalue weighted by atomic mass is 10.2. The Hall–Kier alpha value is -1.23. The summed E-state index contributed by atoms with van der Waals surface area (Å²) in [6, 6.07) is 7.51. The molecule has 0 bridgehead atoms. The van der Waals surface area contributed by atoms with E-state index in [0.717, 1.165) is 11.3 Å². The van der Waals surface area contributed by atoms with Crippen molar-refractivity contribution in [1.29, 1.82) is 0 Å². The van der Waals surface area contributed by atoms with Crippen molar-refractivity contribution in [3.8, 4) is 5.75 Å². The van der Waals surface area contributed by atoms with Crippen molar-refractivity contribution in [3.05, 3.63) is 41.6 Å². The van der Waals surface area contributed by atoms with E-state index in [9.17, 15) is 0 Å². The molecular weight excluding hydrogens is 311 g/mol. The van der Waals surface area contributed by atoms with Gasteiger partial charge in [-0.15, -0.1) is 10.2 Å². The minimum Gasteiger partial charge on any atom is -0.496 e. The second-order valence-electron chi connectivity index (χ2n) is 3.52. The third-order valence-corrected chi connectivity index (χ3v) is 2.71. The van der Waals surface area contributed by atoms with E-state index >= 15 is 0 Å². The van der Waals surface area contributed by atoms with E-state index in [4.69, 9.17) is 44.0 Å². The zero-order chi connectivity index (χ0) is 13.9. The van der Waals surface area contributed by atoms with Crippen LogP contribution in [0.15, 0.2) is 28.7 Å². The Bertz CT molecular complexity index is 591. The number of nitrogens with zero attached hydrogens (tertiary/aromatic N) is 2. The summed E-state index contributed by atoms with van der Waals surface area (Å²) in [5, 5.41) is 7.40. The predicted octanol–water partition coefficient (Wildman–Crippen LogP) is 4.08. The van der Waals surface area contributed by atoms with Gasteiger partial charge in [-0.2, -0.15) is 0 Å². The van der Waals surface area contributed by atoms with Crippen LogP contribution in [0.25, 0.3) is 12.2 Å². The minimum absolute atomic E-state index is 0.0721. The average Bonchev–Trinajstić information content (AvgIpc) is 2.85. The minimum atomic E-state index is -1.72. The zero-order valence-corrected chi connectivity index (χ0v) is 12.1. The molecule has 1 aromatic heterocycles. The Labute approximate surface area is 124 Å². The summed E-state index contributed by atoms with van der Waals surface area (Å²) in [4.78, 5) is 0. The van der Waals surface area contributed by atoms with Gasteiger partial charge in [0.15, 0.2) is 0 Å². The van der Waals surface area contributed by atoms with Crippen molar-refractivity contribution < 1.29 is 9.15 Å². The second kappa shape index (κ2) is 5.82. The summed E-state index contributed by atoms with van der Waals surface area (Å²) < 4.78 is 8.69. The molecule has 2 rings (SSSR count). The quantitative estimate of drug-likeness (QED) is 0.800. The number of alkyl halides is 3. The fourth-order valence-electron chi connectivity index (χ4n) is 1.38. The number of para-hydroxylation sites is 1. The summed E-state index contributed by atoms with van der Waals surface area (Å²) in [5.74, 6) is 0.907. The molecule has 2 aromatic rings. The van der Waals surface area contributed by atoms with Crippen LogP contribution in [0.4, 0.5) is 0 Å². The van der Waals surface area contributed by atoms with E-state index in [2.05, 4.69) is 10.2 Å². The van der Waals surface area contributed by atoms with Crippen LogP contribution in [0.1, 0.15) is 17.3 Å². The largest absolute Gasteiger partial charge is 0.496 e. The van der Waals surface area contributed by atoms with E-state index < -0.39 is 3.79 Å². The standard InChI is InChI=1S/C12H9Cl3N2O2/c1-18-9-5-3-2-4-8(9)6-7-10-16-17-11(19-10)12(13,14)15/h2-7H,1H3. The summed E-state index contributed by atoms with van der Waals surface area (Å²) in [7, 11) is 1.60. The molecule has 1 heterocycles. The molecule has 0 aliphatic rings. The van der Waals surface area contributed by atoms with Crippen LogP contribution in [0.5, 0.6) is 5.75 Å². The maximum Gasteiger partial charge on any atom is 0.268 e. The van der Waals surface area contributed by atoms with Gasteiger partial charge in [0.25, 0.3) is 9.68 Å². The van der Waals surface area contributed by atoms with Gasteiger partial charge in [-0.1, -0.05) is 53.0 Å². The van der Waals surface area contributed by atoms with Crippen molar-refractivity contribution in [2.24, 2.45) is 0 Å². The highest BCUT2D eigenvalue weighted by Crippen LogP contribution is 2.37. The van der Waals surface area contributed by atoms with Crippen molar-refractivity contribution in [3.63, 3.8) is 0 Å². The summed E-state index contributed by atoms with van der Waals surface area (Å²) >= 11 is 16.9. The Morgan fingerprint density at radius 1 is 1.16 bits per heavy atom. The van der Waals surface area contributed by atoms with Gasteiger partial charge < -0.3 is 9.15 Å². The van der Waals surface area contributed by atoms with Crippen LogP contribution in [0.2, 0.25) is 0 Å². The Morgan fingerprint density at radius 3 is 2.53 bits per heavy atom. The van der Waals surface area contributed by atoms with Gasteiger partial charge in [-0.25, -0.2) is 0 Å². The van der Waals surface area contributed by atoms with Crippen molar-refractivity contribution in [1.82, 2.24) is 10.2 Å². The maximum atomic E-state index is 5.63. The SMILES string of the molecule is COc1ccccc1C=Cc1nnc(C(Cl)(Cl)Cl)o1. The molecule has 7 heteroatoms. The van der Waals surface area contributed by atoms with Crippen LogP contribution in [0, 0.1) is 0 Å². The van der Waals surface area contributed by atoms with Crippen LogP contribution < -0.4 is 4.74 Å². The smallest absolute Gasteiger partial charge is 0.268 e. The monoisotopic (exact) mass is 318 g/mol. The van der Waals surface area contributed by atoms with Gasteiger partial charge >= 0.3 is 0 Å². The van der Waals surface area contributed by atoms with E-state index in [0.29, 0.717) is 0 Å². The molecule has 0 aliphatic carbocycles. The first-order chi connectivity index (χ1) is 9.00. The highest BCUT2D eigenvalue weighted by molar-refractivity contribution is 6.66. The molecule has 1 aromatic carbocycles. The zero-order valence-electron chi connectivity index (χ0n) is 9.81. The first kappa shape index (κ1) is 14.2. The molecule has 0 amide bonds. The van der Waals surface area contributed by atoms with E-state index in [1.54, 1.807) is 19.3 Å². The lowest BCUT2D eigenvalue weighted by molar-refractivity contribution is 0.414. The van der Waals surface area contributed by atoms with E-state index in [1.165, 1.54) is 0 Å². The summed E-state index contributed by atoms with van der Waals surface area (Å²) in [6.07, 6.45) is 3.39. The van der Waals surface area contributed by atoms with Gasteiger partial charge in [-0.3, -0.25) is 0 Å². The number of aromatic nitrogens is 2. The Morgan fingerprint density at radius 2 is 1.89 bits per heavy atom. The molecule has 0 spiro atoms. The molecule has 0 radical (unpaired) electrons. The molecule has 19 heavy (non-hydrogen) atoms. The van der Waals surface area contributed by atoms with Gasteiger partial charge in [0.2, 0.25) is 5.89 Å². The molecule has 0 fully saturated rings. The fraction of sp³-hybridized carbons (Fsp3) is 0.167. The maximum absolute atomic E-state index is 5.63. The van der Waals surface area contributed by atoms with Gasteiger partial charge in [0.1, 0.15) is 5.75 Å². The first-order valence-corrected chi connectivity index (χ1v) is 6.36. The topological polar surface area (TPSA) is 48.2 Å². The molecule has 0 N–H and O–H groups in total. The van der Waals surface area contributed by atoms with Crippen LogP contribution >= 0.6 is 34.8 Å². The molecule has 0 unspecified atom stereocenters. The number of halogens is 3. The Kier molecular flexibility index (Phi) is 4.34. The van der Waals surface area contributed by atoms with Crippen LogP contribution in [-0.4, -0.2) is 17.3 Å². The predicted molar refractivity (Wildman–Crippen MR) is 75.5 cm³/mol. The molecule has 0 aliphatic heterocycles.